The third-order valence-corrected chi connectivity index (χ3v) is 3.66. The van der Waals surface area contributed by atoms with Crippen molar-refractivity contribution in [1.29, 1.82) is 0 Å². The van der Waals surface area contributed by atoms with Gasteiger partial charge in [-0.25, -0.2) is 0 Å². The number of hydrogen-bond donors (Lipinski definition) is 1. The van der Waals surface area contributed by atoms with E-state index in [4.69, 9.17) is 4.74 Å². The number of fused-ring (bicyclic) bond motifs is 1. The highest BCUT2D eigenvalue weighted by Crippen LogP contribution is 2.22. The first kappa shape index (κ1) is 15.0. The standard InChI is InChI=1S/C19H18N2O2/c1-13-6-9-15-4-3-5-17(19(15)20-13)21-18(22)12-14-7-10-16(23-2)11-8-14/h3-11H,12H2,1-2H3,(H,21,22). The molecule has 0 saturated carbocycles. The second-order valence-electron chi connectivity index (χ2n) is 5.40. The lowest BCUT2D eigenvalue weighted by atomic mass is 10.1. The van der Waals surface area contributed by atoms with Crippen molar-refractivity contribution in [2.75, 3.05) is 12.4 Å². The van der Waals surface area contributed by atoms with Gasteiger partial charge in [0, 0.05) is 11.1 Å². The minimum Gasteiger partial charge on any atom is -0.497 e. The molecule has 0 bridgehead atoms. The van der Waals surface area contributed by atoms with E-state index in [1.807, 2.05) is 61.5 Å². The summed E-state index contributed by atoms with van der Waals surface area (Å²) < 4.78 is 5.12. The molecule has 4 heteroatoms. The number of pyridine rings is 1. The Balaban J connectivity index is 1.78. The lowest BCUT2D eigenvalue weighted by Gasteiger charge is -2.09. The normalized spacial score (nSPS) is 10.5. The van der Waals surface area contributed by atoms with Crippen molar-refractivity contribution in [2.24, 2.45) is 0 Å². The van der Waals surface area contributed by atoms with Gasteiger partial charge < -0.3 is 10.1 Å². The maximum absolute atomic E-state index is 12.3. The number of nitrogens with zero attached hydrogens (tertiary/aromatic N) is 1. The summed E-state index contributed by atoms with van der Waals surface area (Å²) in [6.45, 7) is 1.94. The molecule has 2 aromatic carbocycles. The number of nitrogens with one attached hydrogen (secondary N) is 1. The van der Waals surface area contributed by atoms with Gasteiger partial charge in [-0.1, -0.05) is 30.3 Å². The fraction of sp³-hybridized carbons (Fsp3) is 0.158. The Morgan fingerprint density at radius 3 is 2.61 bits per heavy atom. The van der Waals surface area contributed by atoms with Crippen molar-refractivity contribution >= 4 is 22.5 Å². The molecular formula is C19H18N2O2. The largest absolute Gasteiger partial charge is 0.497 e. The third-order valence-electron chi connectivity index (χ3n) is 3.66. The number of anilines is 1. The van der Waals surface area contributed by atoms with Crippen LogP contribution >= 0.6 is 0 Å². The van der Waals surface area contributed by atoms with Crippen LogP contribution < -0.4 is 10.1 Å². The van der Waals surface area contributed by atoms with Crippen molar-refractivity contribution in [2.45, 2.75) is 13.3 Å². The molecule has 0 spiro atoms. The molecule has 4 nitrogen and oxygen atoms in total. The summed E-state index contributed by atoms with van der Waals surface area (Å²) >= 11 is 0. The van der Waals surface area contributed by atoms with Crippen LogP contribution in [-0.4, -0.2) is 18.0 Å². The molecule has 1 heterocycles. The summed E-state index contributed by atoms with van der Waals surface area (Å²) in [5.41, 5.74) is 3.42. The molecule has 0 aliphatic carbocycles. The highest BCUT2D eigenvalue weighted by atomic mass is 16.5. The van der Waals surface area contributed by atoms with Gasteiger partial charge in [0.05, 0.1) is 24.7 Å². The van der Waals surface area contributed by atoms with Gasteiger partial charge in [0.15, 0.2) is 0 Å². The molecule has 0 aliphatic rings. The summed E-state index contributed by atoms with van der Waals surface area (Å²) in [7, 11) is 1.62. The van der Waals surface area contributed by atoms with E-state index < -0.39 is 0 Å². The number of carbonyl (C=O) groups excluding carboxylic acids is 1. The van der Waals surface area contributed by atoms with Gasteiger partial charge in [0.25, 0.3) is 0 Å². The van der Waals surface area contributed by atoms with Crippen LogP contribution in [0.15, 0.2) is 54.6 Å². The second kappa shape index (κ2) is 6.48. The number of rotatable bonds is 4. The highest BCUT2D eigenvalue weighted by molar-refractivity contribution is 6.00. The minimum absolute atomic E-state index is 0.0639. The Morgan fingerprint density at radius 2 is 1.87 bits per heavy atom. The molecule has 3 aromatic rings. The summed E-state index contributed by atoms with van der Waals surface area (Å²) in [6, 6.07) is 17.2. The van der Waals surface area contributed by atoms with E-state index in [1.54, 1.807) is 7.11 Å². The maximum Gasteiger partial charge on any atom is 0.228 e. The molecule has 0 radical (unpaired) electrons. The summed E-state index contributed by atoms with van der Waals surface area (Å²) in [5.74, 6) is 0.717. The average Bonchev–Trinajstić information content (AvgIpc) is 2.56. The van der Waals surface area contributed by atoms with Crippen LogP contribution in [0, 0.1) is 6.92 Å². The molecule has 0 fully saturated rings. The zero-order chi connectivity index (χ0) is 16.2. The molecular weight excluding hydrogens is 288 g/mol. The first-order valence-electron chi connectivity index (χ1n) is 7.45. The zero-order valence-corrected chi connectivity index (χ0v) is 13.2. The number of aryl methyl sites for hydroxylation is 1. The van der Waals surface area contributed by atoms with E-state index in [-0.39, 0.29) is 5.91 Å². The lowest BCUT2D eigenvalue weighted by molar-refractivity contribution is -0.115. The summed E-state index contributed by atoms with van der Waals surface area (Å²) in [4.78, 5) is 16.8. The van der Waals surface area contributed by atoms with E-state index in [0.29, 0.717) is 6.42 Å². The van der Waals surface area contributed by atoms with Gasteiger partial charge >= 0.3 is 0 Å². The number of carbonyl (C=O) groups is 1. The quantitative estimate of drug-likeness (QED) is 0.799. The van der Waals surface area contributed by atoms with Crippen LogP contribution in [0.4, 0.5) is 5.69 Å². The number of hydrogen-bond acceptors (Lipinski definition) is 3. The van der Waals surface area contributed by atoms with Gasteiger partial charge in [0.2, 0.25) is 5.91 Å². The Morgan fingerprint density at radius 1 is 1.09 bits per heavy atom. The maximum atomic E-state index is 12.3. The van der Waals surface area contributed by atoms with Crippen molar-refractivity contribution in [3.05, 3.63) is 65.9 Å². The van der Waals surface area contributed by atoms with E-state index in [0.717, 1.165) is 33.6 Å². The van der Waals surface area contributed by atoms with E-state index >= 15 is 0 Å². The van der Waals surface area contributed by atoms with Crippen LogP contribution in [0.2, 0.25) is 0 Å². The van der Waals surface area contributed by atoms with Crippen LogP contribution in [0.1, 0.15) is 11.3 Å². The predicted molar refractivity (Wildman–Crippen MR) is 91.8 cm³/mol. The molecule has 116 valence electrons. The molecule has 1 amide bonds. The second-order valence-corrected chi connectivity index (χ2v) is 5.40. The van der Waals surface area contributed by atoms with Gasteiger partial charge in [-0.05, 0) is 36.8 Å². The lowest BCUT2D eigenvalue weighted by Crippen LogP contribution is -2.14. The van der Waals surface area contributed by atoms with Gasteiger partial charge in [0.1, 0.15) is 5.75 Å². The van der Waals surface area contributed by atoms with Crippen molar-refractivity contribution in [3.8, 4) is 5.75 Å². The first-order valence-corrected chi connectivity index (χ1v) is 7.45. The number of amides is 1. The number of para-hydroxylation sites is 1. The minimum atomic E-state index is -0.0639. The van der Waals surface area contributed by atoms with Crippen molar-refractivity contribution in [3.63, 3.8) is 0 Å². The van der Waals surface area contributed by atoms with Crippen LogP contribution in [-0.2, 0) is 11.2 Å². The molecule has 0 unspecified atom stereocenters. The topological polar surface area (TPSA) is 51.2 Å². The molecule has 1 aromatic heterocycles. The summed E-state index contributed by atoms with van der Waals surface area (Å²) in [6.07, 6.45) is 0.312. The Hall–Kier alpha value is -2.88. The van der Waals surface area contributed by atoms with Crippen LogP contribution in [0.5, 0.6) is 5.75 Å². The fourth-order valence-corrected chi connectivity index (χ4v) is 2.47. The van der Waals surface area contributed by atoms with Crippen molar-refractivity contribution < 1.29 is 9.53 Å². The van der Waals surface area contributed by atoms with Gasteiger partial charge in [-0.15, -0.1) is 0 Å². The number of methoxy groups -OCH3 is 1. The molecule has 0 saturated heterocycles. The van der Waals surface area contributed by atoms with Crippen LogP contribution in [0.3, 0.4) is 0 Å². The first-order chi connectivity index (χ1) is 11.2. The number of benzene rings is 2. The Labute approximate surface area is 135 Å². The molecule has 3 rings (SSSR count). The zero-order valence-electron chi connectivity index (χ0n) is 13.2. The third kappa shape index (κ3) is 3.48. The average molecular weight is 306 g/mol. The monoisotopic (exact) mass is 306 g/mol. The highest BCUT2D eigenvalue weighted by Gasteiger charge is 2.08. The summed E-state index contributed by atoms with van der Waals surface area (Å²) in [5, 5.41) is 3.97. The molecule has 23 heavy (non-hydrogen) atoms. The SMILES string of the molecule is COc1ccc(CC(=O)Nc2cccc3ccc(C)nc23)cc1. The molecule has 0 atom stereocenters. The Bertz CT molecular complexity index is 842. The molecule has 0 aliphatic heterocycles. The number of ether oxygens (including phenoxy) is 1. The fourth-order valence-electron chi connectivity index (χ4n) is 2.47. The van der Waals surface area contributed by atoms with E-state index in [9.17, 15) is 4.79 Å². The predicted octanol–water partition coefficient (Wildman–Crippen LogP) is 3.73. The van der Waals surface area contributed by atoms with E-state index in [1.165, 1.54) is 0 Å². The van der Waals surface area contributed by atoms with E-state index in [2.05, 4.69) is 10.3 Å². The van der Waals surface area contributed by atoms with Crippen molar-refractivity contribution in [1.82, 2.24) is 4.98 Å². The smallest absolute Gasteiger partial charge is 0.228 e. The van der Waals surface area contributed by atoms with Gasteiger partial charge in [-0.2, -0.15) is 0 Å². The Kier molecular flexibility index (Phi) is 4.24. The van der Waals surface area contributed by atoms with Crippen LogP contribution in [0.25, 0.3) is 10.9 Å². The number of aromatic nitrogens is 1. The molecule has 1 N–H and O–H groups in total. The van der Waals surface area contributed by atoms with Gasteiger partial charge in [-0.3, -0.25) is 9.78 Å².